The van der Waals surface area contributed by atoms with Crippen LogP contribution in [0.3, 0.4) is 0 Å². The van der Waals surface area contributed by atoms with Crippen LogP contribution in [0, 0.1) is 23.4 Å². The van der Waals surface area contributed by atoms with Crippen LogP contribution >= 0.6 is 0 Å². The van der Waals surface area contributed by atoms with Gasteiger partial charge in [-0.1, -0.05) is 12.2 Å². The van der Waals surface area contributed by atoms with E-state index in [9.17, 15) is 22.8 Å². The second-order valence-electron chi connectivity index (χ2n) is 7.45. The Balaban J connectivity index is 1.83. The van der Waals surface area contributed by atoms with Gasteiger partial charge in [0.25, 0.3) is 5.91 Å². The number of amides is 1. The third-order valence-corrected chi connectivity index (χ3v) is 5.43. The van der Waals surface area contributed by atoms with Crippen molar-refractivity contribution in [3.8, 4) is 11.5 Å². The number of nitrogens with one attached hydrogen (secondary N) is 1. The van der Waals surface area contributed by atoms with Crippen molar-refractivity contribution in [2.45, 2.75) is 25.3 Å². The van der Waals surface area contributed by atoms with Crippen LogP contribution in [0.5, 0.6) is 11.5 Å². The van der Waals surface area contributed by atoms with E-state index in [1.165, 1.54) is 14.2 Å². The molecule has 0 saturated carbocycles. The first-order valence-electron chi connectivity index (χ1n) is 10.3. The number of carbonyl (C=O) groups is 2. The van der Waals surface area contributed by atoms with Crippen molar-refractivity contribution in [2.75, 3.05) is 20.8 Å². The molecule has 0 aromatic heterocycles. The van der Waals surface area contributed by atoms with Crippen LogP contribution in [0.15, 0.2) is 42.5 Å². The molecule has 0 spiro atoms. The Morgan fingerprint density at radius 1 is 1.03 bits per heavy atom. The predicted molar refractivity (Wildman–Crippen MR) is 114 cm³/mol. The van der Waals surface area contributed by atoms with Gasteiger partial charge in [-0.05, 0) is 43.5 Å². The fraction of sp³-hybridized carbons (Fsp3) is 0.333. The average molecular weight is 463 g/mol. The minimum atomic E-state index is -1.38. The Morgan fingerprint density at radius 3 is 2.42 bits per heavy atom. The molecule has 6 nitrogen and oxygen atoms in total. The molecule has 2 aromatic rings. The van der Waals surface area contributed by atoms with Crippen LogP contribution in [0.1, 0.15) is 35.2 Å². The maximum absolute atomic E-state index is 14.0. The highest BCUT2D eigenvalue weighted by molar-refractivity contribution is 5.94. The number of hydrogen-bond acceptors (Lipinski definition) is 5. The van der Waals surface area contributed by atoms with E-state index < -0.39 is 46.9 Å². The summed E-state index contributed by atoms with van der Waals surface area (Å²) >= 11 is 0. The molecule has 33 heavy (non-hydrogen) atoms. The molecule has 1 aliphatic carbocycles. The van der Waals surface area contributed by atoms with Gasteiger partial charge in [0.05, 0.1) is 32.3 Å². The summed E-state index contributed by atoms with van der Waals surface area (Å²) in [6.07, 6.45) is 3.72. The van der Waals surface area contributed by atoms with Crippen LogP contribution in [0.2, 0.25) is 0 Å². The van der Waals surface area contributed by atoms with Crippen molar-refractivity contribution in [3.63, 3.8) is 0 Å². The molecule has 0 fully saturated rings. The van der Waals surface area contributed by atoms with Gasteiger partial charge in [0.2, 0.25) is 0 Å². The Labute approximate surface area is 189 Å². The lowest BCUT2D eigenvalue weighted by molar-refractivity contribution is -0.146. The normalized spacial score (nSPS) is 18.0. The van der Waals surface area contributed by atoms with E-state index in [2.05, 4.69) is 5.32 Å². The van der Waals surface area contributed by atoms with E-state index in [0.29, 0.717) is 35.6 Å². The maximum Gasteiger partial charge on any atom is 0.314 e. The molecular formula is C24H24F3NO5. The predicted octanol–water partition coefficient (Wildman–Crippen LogP) is 4.14. The van der Waals surface area contributed by atoms with Crippen LogP contribution in [-0.2, 0) is 9.53 Å². The molecular weight excluding hydrogens is 439 g/mol. The zero-order valence-corrected chi connectivity index (χ0v) is 18.4. The largest absolute Gasteiger partial charge is 0.497 e. The van der Waals surface area contributed by atoms with Crippen LogP contribution in [0.25, 0.3) is 0 Å². The molecule has 0 saturated heterocycles. The zero-order valence-electron chi connectivity index (χ0n) is 18.4. The fourth-order valence-corrected chi connectivity index (χ4v) is 3.87. The molecule has 0 radical (unpaired) electrons. The maximum atomic E-state index is 14.0. The van der Waals surface area contributed by atoms with Gasteiger partial charge in [0.1, 0.15) is 17.3 Å². The van der Waals surface area contributed by atoms with Crippen molar-refractivity contribution >= 4 is 11.9 Å². The topological polar surface area (TPSA) is 73.9 Å². The lowest BCUT2D eigenvalue weighted by Gasteiger charge is -2.24. The second-order valence-corrected chi connectivity index (χ2v) is 7.45. The molecule has 2 aromatic carbocycles. The molecule has 1 N–H and O–H groups in total. The van der Waals surface area contributed by atoms with Gasteiger partial charge in [-0.3, -0.25) is 9.59 Å². The summed E-state index contributed by atoms with van der Waals surface area (Å²) in [5.41, 5.74) is -0.0502. The standard InChI is InChI=1S/C24H24F3NO5/c1-4-33-24(30)22(17-10-15(31-2)7-8-21(17)32-3)13-5-6-14(9-13)28-23(29)16-11-19(26)20(27)12-18(16)25/h5-8,10-14,22H,4,9H2,1-3H3,(H,28,29)/t13-,14-,22-/m0/s1. The number of allylic oxidation sites excluding steroid dienone is 1. The van der Waals surface area contributed by atoms with Crippen LogP contribution < -0.4 is 14.8 Å². The SMILES string of the molecule is CCOC(=O)[C@H](c1cc(OC)ccc1OC)[C@H]1C=C[C@H](NC(=O)c2cc(F)c(F)cc2F)C1. The molecule has 1 aliphatic rings. The summed E-state index contributed by atoms with van der Waals surface area (Å²) in [5.74, 6) is -5.39. The minimum absolute atomic E-state index is 0.174. The fourth-order valence-electron chi connectivity index (χ4n) is 3.87. The molecule has 0 unspecified atom stereocenters. The average Bonchev–Trinajstić information content (AvgIpc) is 3.24. The Bertz CT molecular complexity index is 1070. The molecule has 9 heteroatoms. The quantitative estimate of drug-likeness (QED) is 0.362. The van der Waals surface area contributed by atoms with E-state index in [-0.39, 0.29) is 12.5 Å². The minimum Gasteiger partial charge on any atom is -0.497 e. The van der Waals surface area contributed by atoms with Crippen LogP contribution in [-0.4, -0.2) is 38.7 Å². The highest BCUT2D eigenvalue weighted by Gasteiger charge is 2.36. The number of carbonyl (C=O) groups excluding carboxylic acids is 2. The lowest BCUT2D eigenvalue weighted by atomic mass is 9.84. The lowest BCUT2D eigenvalue weighted by Crippen LogP contribution is -2.34. The van der Waals surface area contributed by atoms with Gasteiger partial charge < -0.3 is 19.5 Å². The molecule has 3 atom stereocenters. The number of esters is 1. The number of benzene rings is 2. The number of halogens is 3. The second kappa shape index (κ2) is 10.4. The first-order chi connectivity index (χ1) is 15.8. The smallest absolute Gasteiger partial charge is 0.314 e. The third-order valence-electron chi connectivity index (χ3n) is 5.43. The molecule has 0 bridgehead atoms. The van der Waals surface area contributed by atoms with Crippen LogP contribution in [0.4, 0.5) is 13.2 Å². The summed E-state index contributed by atoms with van der Waals surface area (Å²) in [6, 6.07) is 5.35. The van der Waals surface area contributed by atoms with Gasteiger partial charge in [0, 0.05) is 17.7 Å². The van der Waals surface area contributed by atoms with Crippen molar-refractivity contribution in [1.29, 1.82) is 0 Å². The summed E-state index contributed by atoms with van der Waals surface area (Å²) < 4.78 is 56.6. The van der Waals surface area contributed by atoms with Crippen molar-refractivity contribution < 1.29 is 37.0 Å². The highest BCUT2D eigenvalue weighted by Crippen LogP contribution is 2.40. The van der Waals surface area contributed by atoms with Gasteiger partial charge in [-0.2, -0.15) is 0 Å². The summed E-state index contributed by atoms with van der Waals surface area (Å²) in [5, 5.41) is 2.58. The number of rotatable bonds is 8. The van der Waals surface area contributed by atoms with E-state index in [4.69, 9.17) is 14.2 Å². The molecule has 0 aliphatic heterocycles. The van der Waals surface area contributed by atoms with E-state index in [1.54, 1.807) is 37.3 Å². The van der Waals surface area contributed by atoms with E-state index in [0.717, 1.165) is 0 Å². The number of ether oxygens (including phenoxy) is 3. The van der Waals surface area contributed by atoms with Crippen molar-refractivity contribution in [2.24, 2.45) is 5.92 Å². The number of methoxy groups -OCH3 is 2. The van der Waals surface area contributed by atoms with Gasteiger partial charge in [0.15, 0.2) is 11.6 Å². The third kappa shape index (κ3) is 5.30. The molecule has 0 heterocycles. The van der Waals surface area contributed by atoms with Crippen molar-refractivity contribution in [1.82, 2.24) is 5.32 Å². The first kappa shape index (κ1) is 24.2. The zero-order chi connectivity index (χ0) is 24.1. The summed E-state index contributed by atoms with van der Waals surface area (Å²) in [6.45, 7) is 1.87. The molecule has 176 valence electrons. The summed E-state index contributed by atoms with van der Waals surface area (Å²) in [7, 11) is 2.99. The Kier molecular flexibility index (Phi) is 7.63. The highest BCUT2D eigenvalue weighted by atomic mass is 19.2. The monoisotopic (exact) mass is 463 g/mol. The molecule has 3 rings (SSSR count). The van der Waals surface area contributed by atoms with Crippen molar-refractivity contribution in [3.05, 3.63) is 71.1 Å². The Morgan fingerprint density at radius 2 is 1.76 bits per heavy atom. The molecule has 1 amide bonds. The van der Waals surface area contributed by atoms with Gasteiger partial charge >= 0.3 is 5.97 Å². The van der Waals surface area contributed by atoms with Gasteiger partial charge in [-0.15, -0.1) is 0 Å². The van der Waals surface area contributed by atoms with E-state index in [1.807, 2.05) is 0 Å². The summed E-state index contributed by atoms with van der Waals surface area (Å²) in [4.78, 5) is 25.3. The number of hydrogen-bond donors (Lipinski definition) is 1. The van der Waals surface area contributed by atoms with Gasteiger partial charge in [-0.25, -0.2) is 13.2 Å². The first-order valence-corrected chi connectivity index (χ1v) is 10.3. The van der Waals surface area contributed by atoms with E-state index >= 15 is 0 Å². The Hall–Kier alpha value is -3.49.